The number of nitrogens with two attached hydrogens (primary N) is 1. The number of nitrogens with zero attached hydrogens (tertiary/aromatic N) is 4. The van der Waals surface area contributed by atoms with Gasteiger partial charge in [0.15, 0.2) is 17.0 Å². The highest BCUT2D eigenvalue weighted by molar-refractivity contribution is 5.82. The molecular formula is C13H13N5. The zero-order valence-corrected chi connectivity index (χ0v) is 10.3. The lowest BCUT2D eigenvalue weighted by Gasteiger charge is -2.06. The molecular weight excluding hydrogens is 226 g/mol. The fraction of sp³-hybridized carbons (Fsp3) is 0.154. The minimum atomic E-state index is 0.405. The van der Waals surface area contributed by atoms with Crippen LogP contribution in [0.4, 0.5) is 5.82 Å². The Balaban J connectivity index is 2.25. The first-order chi connectivity index (χ1) is 8.66. The average molecular weight is 239 g/mol. The van der Waals surface area contributed by atoms with E-state index < -0.39 is 0 Å². The van der Waals surface area contributed by atoms with Crippen molar-refractivity contribution in [2.24, 2.45) is 0 Å². The highest BCUT2D eigenvalue weighted by Crippen LogP contribution is 2.20. The second-order valence-corrected chi connectivity index (χ2v) is 4.31. The molecule has 5 heteroatoms. The molecule has 18 heavy (non-hydrogen) atoms. The van der Waals surface area contributed by atoms with Crippen LogP contribution in [0.15, 0.2) is 30.9 Å². The van der Waals surface area contributed by atoms with E-state index in [-0.39, 0.29) is 0 Å². The number of fused-ring (bicyclic) bond motifs is 1. The Morgan fingerprint density at radius 1 is 1.06 bits per heavy atom. The van der Waals surface area contributed by atoms with Crippen molar-refractivity contribution < 1.29 is 0 Å². The van der Waals surface area contributed by atoms with E-state index in [9.17, 15) is 0 Å². The predicted octanol–water partition coefficient (Wildman–Crippen LogP) is 2.01. The molecule has 0 radical (unpaired) electrons. The first kappa shape index (κ1) is 10.7. The van der Waals surface area contributed by atoms with Gasteiger partial charge in [0.1, 0.15) is 12.7 Å². The van der Waals surface area contributed by atoms with Crippen LogP contribution in [-0.2, 0) is 0 Å². The van der Waals surface area contributed by atoms with Crippen LogP contribution < -0.4 is 5.73 Å². The summed E-state index contributed by atoms with van der Waals surface area (Å²) in [5.41, 5.74) is 10.7. The van der Waals surface area contributed by atoms with Gasteiger partial charge >= 0.3 is 0 Å². The van der Waals surface area contributed by atoms with Crippen molar-refractivity contribution >= 4 is 17.0 Å². The van der Waals surface area contributed by atoms with Gasteiger partial charge in [0.2, 0.25) is 0 Å². The van der Waals surface area contributed by atoms with Gasteiger partial charge in [0.25, 0.3) is 0 Å². The summed E-state index contributed by atoms with van der Waals surface area (Å²) >= 11 is 0. The third-order valence-corrected chi connectivity index (χ3v) is 3.13. The Morgan fingerprint density at radius 3 is 2.67 bits per heavy atom. The van der Waals surface area contributed by atoms with Gasteiger partial charge in [-0.25, -0.2) is 15.0 Å². The lowest BCUT2D eigenvalue weighted by Crippen LogP contribution is -1.97. The van der Waals surface area contributed by atoms with E-state index in [0.29, 0.717) is 11.3 Å². The second-order valence-electron chi connectivity index (χ2n) is 4.31. The maximum absolute atomic E-state index is 5.77. The van der Waals surface area contributed by atoms with Crippen LogP contribution in [0.2, 0.25) is 0 Å². The molecule has 2 aromatic heterocycles. The van der Waals surface area contributed by atoms with Gasteiger partial charge in [0.05, 0.1) is 0 Å². The van der Waals surface area contributed by atoms with Crippen LogP contribution in [0.3, 0.4) is 0 Å². The Labute approximate surface area is 104 Å². The van der Waals surface area contributed by atoms with Gasteiger partial charge in [0, 0.05) is 5.69 Å². The van der Waals surface area contributed by atoms with Crippen molar-refractivity contribution in [1.82, 2.24) is 19.5 Å². The summed E-state index contributed by atoms with van der Waals surface area (Å²) < 4.78 is 1.92. The quantitative estimate of drug-likeness (QED) is 0.705. The maximum Gasteiger partial charge on any atom is 0.170 e. The number of anilines is 1. The van der Waals surface area contributed by atoms with E-state index in [0.717, 1.165) is 11.3 Å². The van der Waals surface area contributed by atoms with Crippen molar-refractivity contribution in [3.63, 3.8) is 0 Å². The summed E-state index contributed by atoms with van der Waals surface area (Å²) in [6.07, 6.45) is 3.18. The molecule has 2 heterocycles. The molecule has 0 atom stereocenters. The average Bonchev–Trinajstić information content (AvgIpc) is 2.78. The van der Waals surface area contributed by atoms with Crippen LogP contribution in [-0.4, -0.2) is 19.5 Å². The van der Waals surface area contributed by atoms with Gasteiger partial charge in [-0.3, -0.25) is 4.57 Å². The summed E-state index contributed by atoms with van der Waals surface area (Å²) in [5.74, 6) is 0.405. The summed E-state index contributed by atoms with van der Waals surface area (Å²) in [6, 6.07) is 6.23. The number of rotatable bonds is 1. The van der Waals surface area contributed by atoms with Crippen molar-refractivity contribution in [1.29, 1.82) is 0 Å². The second kappa shape index (κ2) is 3.80. The van der Waals surface area contributed by atoms with Gasteiger partial charge < -0.3 is 5.73 Å². The van der Waals surface area contributed by atoms with E-state index >= 15 is 0 Å². The van der Waals surface area contributed by atoms with Crippen molar-refractivity contribution in [3.05, 3.63) is 42.0 Å². The minimum Gasteiger partial charge on any atom is -0.382 e. The smallest absolute Gasteiger partial charge is 0.170 e. The molecule has 0 bridgehead atoms. The molecule has 0 fully saturated rings. The molecule has 0 amide bonds. The van der Waals surface area contributed by atoms with E-state index in [1.54, 1.807) is 6.33 Å². The van der Waals surface area contributed by atoms with Crippen LogP contribution in [0, 0.1) is 13.8 Å². The third-order valence-electron chi connectivity index (χ3n) is 3.13. The molecule has 3 rings (SSSR count). The fourth-order valence-electron chi connectivity index (χ4n) is 1.92. The fourth-order valence-corrected chi connectivity index (χ4v) is 1.92. The molecule has 5 nitrogen and oxygen atoms in total. The number of nitrogen functional groups attached to an aromatic ring is 1. The molecule has 0 saturated heterocycles. The molecule has 0 spiro atoms. The van der Waals surface area contributed by atoms with E-state index in [1.807, 2.05) is 10.6 Å². The third kappa shape index (κ3) is 1.52. The Morgan fingerprint density at radius 2 is 1.89 bits per heavy atom. The zero-order valence-electron chi connectivity index (χ0n) is 10.3. The molecule has 0 aliphatic heterocycles. The van der Waals surface area contributed by atoms with Gasteiger partial charge in [-0.15, -0.1) is 0 Å². The molecule has 0 aliphatic rings. The summed E-state index contributed by atoms with van der Waals surface area (Å²) in [4.78, 5) is 12.4. The molecule has 0 saturated carbocycles. The Bertz CT molecular complexity index is 729. The SMILES string of the molecule is Cc1ccc(-n2cnc3c(N)ncnc32)cc1C. The highest BCUT2D eigenvalue weighted by Gasteiger charge is 2.09. The van der Waals surface area contributed by atoms with Crippen molar-refractivity contribution in [3.8, 4) is 5.69 Å². The topological polar surface area (TPSA) is 69.6 Å². The van der Waals surface area contributed by atoms with Gasteiger partial charge in [-0.1, -0.05) is 6.07 Å². The number of hydrogen-bond acceptors (Lipinski definition) is 4. The standard InChI is InChI=1S/C13H13N5/c1-8-3-4-10(5-9(8)2)18-7-17-11-12(14)15-6-16-13(11)18/h3-7H,1-2H3,(H2,14,15,16). The van der Waals surface area contributed by atoms with Crippen LogP contribution in [0.5, 0.6) is 0 Å². The van der Waals surface area contributed by atoms with Crippen molar-refractivity contribution in [2.45, 2.75) is 13.8 Å². The zero-order chi connectivity index (χ0) is 12.7. The number of benzene rings is 1. The van der Waals surface area contributed by atoms with E-state index in [2.05, 4.69) is 40.9 Å². The maximum atomic E-state index is 5.77. The molecule has 0 aliphatic carbocycles. The van der Waals surface area contributed by atoms with Gasteiger partial charge in [-0.2, -0.15) is 0 Å². The highest BCUT2D eigenvalue weighted by atomic mass is 15.1. The normalized spacial score (nSPS) is 11.0. The summed E-state index contributed by atoms with van der Waals surface area (Å²) in [7, 11) is 0. The molecule has 0 unspecified atom stereocenters. The van der Waals surface area contributed by atoms with Crippen LogP contribution in [0.25, 0.3) is 16.9 Å². The van der Waals surface area contributed by atoms with Crippen LogP contribution in [0.1, 0.15) is 11.1 Å². The first-order valence-electron chi connectivity index (χ1n) is 5.68. The lowest BCUT2D eigenvalue weighted by molar-refractivity contribution is 1.05. The first-order valence-corrected chi connectivity index (χ1v) is 5.68. The van der Waals surface area contributed by atoms with Gasteiger partial charge in [-0.05, 0) is 37.1 Å². The number of aryl methyl sites for hydroxylation is 2. The van der Waals surface area contributed by atoms with E-state index in [1.165, 1.54) is 17.5 Å². The number of imidazole rings is 1. The predicted molar refractivity (Wildman–Crippen MR) is 70.5 cm³/mol. The summed E-state index contributed by atoms with van der Waals surface area (Å²) in [5, 5.41) is 0. The summed E-state index contributed by atoms with van der Waals surface area (Å²) in [6.45, 7) is 4.17. The molecule has 3 aromatic rings. The monoisotopic (exact) mass is 239 g/mol. The number of hydrogen-bond donors (Lipinski definition) is 1. The Hall–Kier alpha value is -2.43. The molecule has 2 N–H and O–H groups in total. The molecule has 90 valence electrons. The Kier molecular flexibility index (Phi) is 2.26. The van der Waals surface area contributed by atoms with E-state index in [4.69, 9.17) is 5.73 Å². The molecule has 1 aromatic carbocycles. The largest absolute Gasteiger partial charge is 0.382 e. The lowest BCUT2D eigenvalue weighted by atomic mass is 10.1. The number of aromatic nitrogens is 4. The van der Waals surface area contributed by atoms with Crippen molar-refractivity contribution in [2.75, 3.05) is 5.73 Å². The minimum absolute atomic E-state index is 0.405. The van der Waals surface area contributed by atoms with Crippen LogP contribution >= 0.6 is 0 Å².